The van der Waals surface area contributed by atoms with Gasteiger partial charge in [-0.25, -0.2) is 4.79 Å². The number of anilines is 2. The molecule has 36 heavy (non-hydrogen) atoms. The number of nitrogens with one attached hydrogen (secondary N) is 2. The second-order valence-electron chi connectivity index (χ2n) is 8.96. The van der Waals surface area contributed by atoms with E-state index in [2.05, 4.69) is 49.2 Å². The number of aromatic nitrogens is 3. The van der Waals surface area contributed by atoms with E-state index in [1.807, 2.05) is 30.5 Å². The number of aromatic amines is 1. The number of esters is 1. The molecule has 1 aliphatic rings. The molecule has 1 aliphatic heterocycles. The highest BCUT2D eigenvalue weighted by molar-refractivity contribution is 5.99. The number of likely N-dealkylation sites (N-methyl/N-ethyl adjacent to an activating group) is 1. The number of hydrogen-bond acceptors (Lipinski definition) is 8. The number of carbonyl (C=O) groups is 1. The zero-order chi connectivity index (χ0) is 25.1. The molecular formula is C27H30N6O3. The quantitative estimate of drug-likeness (QED) is 0.380. The minimum absolute atomic E-state index is 0.388. The smallest absolute Gasteiger partial charge is 0.337 e. The van der Waals surface area contributed by atoms with Crippen LogP contribution in [0.3, 0.4) is 0 Å². The molecule has 9 nitrogen and oxygen atoms in total. The van der Waals surface area contributed by atoms with E-state index in [-0.39, 0.29) is 5.97 Å². The summed E-state index contributed by atoms with van der Waals surface area (Å²) < 4.78 is 10.5. The zero-order valence-electron chi connectivity index (χ0n) is 20.7. The number of methoxy groups -OCH3 is 2. The van der Waals surface area contributed by atoms with E-state index < -0.39 is 0 Å². The van der Waals surface area contributed by atoms with E-state index in [1.54, 1.807) is 19.2 Å². The summed E-state index contributed by atoms with van der Waals surface area (Å²) in [6.07, 6.45) is 1.84. The van der Waals surface area contributed by atoms with Gasteiger partial charge in [0.15, 0.2) is 0 Å². The number of H-pyrrole nitrogens is 1. The Morgan fingerprint density at radius 1 is 1.06 bits per heavy atom. The van der Waals surface area contributed by atoms with Crippen LogP contribution in [0.2, 0.25) is 0 Å². The molecule has 1 fully saturated rings. The molecule has 0 amide bonds. The Bertz CT molecular complexity index is 1360. The molecule has 2 aromatic heterocycles. The lowest BCUT2D eigenvalue weighted by Crippen LogP contribution is -2.43. The number of nitrogens with zero attached hydrogens (tertiary/aromatic N) is 4. The van der Waals surface area contributed by atoms with Crippen LogP contribution in [0, 0.1) is 0 Å². The fourth-order valence-corrected chi connectivity index (χ4v) is 4.45. The normalized spacial score (nSPS) is 14.6. The summed E-state index contributed by atoms with van der Waals surface area (Å²) in [6.45, 7) is 5.36. The van der Waals surface area contributed by atoms with Gasteiger partial charge in [-0.15, -0.1) is 0 Å². The van der Waals surface area contributed by atoms with Crippen molar-refractivity contribution in [3.63, 3.8) is 0 Å². The standard InChI is InChI=1S/C27H30N6O3/c1-32-11-13-33(14-12-32)17-18-7-9-21(10-8-18)29-27-30-24-23(25(31-27)35-2)22(16-28-24)19-5-4-6-20(15-19)26(34)36-3/h4-10,15-16H,11-14,17H2,1-3H3,(H2,28,29,30,31). The molecule has 0 bridgehead atoms. The molecule has 4 aromatic rings. The van der Waals surface area contributed by atoms with Crippen molar-refractivity contribution in [2.75, 3.05) is 52.8 Å². The molecule has 0 spiro atoms. The van der Waals surface area contributed by atoms with Gasteiger partial charge < -0.3 is 24.7 Å². The van der Waals surface area contributed by atoms with E-state index in [0.29, 0.717) is 23.0 Å². The molecule has 186 valence electrons. The third-order valence-corrected chi connectivity index (χ3v) is 6.50. The van der Waals surface area contributed by atoms with Crippen LogP contribution in [0.5, 0.6) is 5.88 Å². The lowest BCUT2D eigenvalue weighted by molar-refractivity contribution is 0.0601. The van der Waals surface area contributed by atoms with Gasteiger partial charge in [-0.3, -0.25) is 4.90 Å². The first-order valence-electron chi connectivity index (χ1n) is 11.9. The topological polar surface area (TPSA) is 95.6 Å². The molecule has 0 radical (unpaired) electrons. The van der Waals surface area contributed by atoms with Crippen molar-refractivity contribution in [3.8, 4) is 17.0 Å². The van der Waals surface area contributed by atoms with Crippen LogP contribution in [0.25, 0.3) is 22.2 Å². The molecular weight excluding hydrogens is 456 g/mol. The highest BCUT2D eigenvalue weighted by atomic mass is 16.5. The minimum atomic E-state index is -0.388. The molecule has 1 saturated heterocycles. The summed E-state index contributed by atoms with van der Waals surface area (Å²) in [7, 11) is 5.12. The maximum atomic E-state index is 12.0. The van der Waals surface area contributed by atoms with Crippen molar-refractivity contribution in [3.05, 3.63) is 65.9 Å². The summed E-state index contributed by atoms with van der Waals surface area (Å²) in [5, 5.41) is 4.03. The largest absolute Gasteiger partial charge is 0.480 e. The van der Waals surface area contributed by atoms with Gasteiger partial charge in [-0.05, 0) is 42.4 Å². The van der Waals surface area contributed by atoms with Crippen LogP contribution < -0.4 is 10.1 Å². The van der Waals surface area contributed by atoms with Crippen LogP contribution in [0.1, 0.15) is 15.9 Å². The monoisotopic (exact) mass is 486 g/mol. The van der Waals surface area contributed by atoms with E-state index in [4.69, 9.17) is 9.47 Å². The average Bonchev–Trinajstić information content (AvgIpc) is 3.34. The average molecular weight is 487 g/mol. The molecule has 2 aromatic carbocycles. The third-order valence-electron chi connectivity index (χ3n) is 6.50. The maximum absolute atomic E-state index is 12.0. The van der Waals surface area contributed by atoms with Crippen molar-refractivity contribution in [1.29, 1.82) is 0 Å². The Kier molecular flexibility index (Phi) is 6.84. The summed E-state index contributed by atoms with van der Waals surface area (Å²) >= 11 is 0. The minimum Gasteiger partial charge on any atom is -0.480 e. The van der Waals surface area contributed by atoms with Crippen molar-refractivity contribution in [2.24, 2.45) is 0 Å². The highest BCUT2D eigenvalue weighted by Crippen LogP contribution is 2.35. The Balaban J connectivity index is 1.36. The number of benzene rings is 2. The predicted molar refractivity (Wildman–Crippen MR) is 140 cm³/mol. The van der Waals surface area contributed by atoms with Crippen LogP contribution in [-0.4, -0.2) is 78.2 Å². The molecule has 0 atom stereocenters. The SMILES string of the molecule is COC(=O)c1cccc(-c2c[nH]c3nc(Nc4ccc(CN5CCN(C)CC5)cc4)nc(OC)c23)c1. The van der Waals surface area contributed by atoms with Crippen LogP contribution >= 0.6 is 0 Å². The van der Waals surface area contributed by atoms with Crippen LogP contribution in [0.15, 0.2) is 54.7 Å². The molecule has 0 saturated carbocycles. The summed E-state index contributed by atoms with van der Waals surface area (Å²) in [4.78, 5) is 29.3. The van der Waals surface area contributed by atoms with Crippen LogP contribution in [0.4, 0.5) is 11.6 Å². The van der Waals surface area contributed by atoms with Gasteiger partial charge in [0.1, 0.15) is 5.65 Å². The summed E-state index contributed by atoms with van der Waals surface area (Å²) in [5.41, 5.74) is 4.96. The molecule has 0 unspecified atom stereocenters. The summed E-state index contributed by atoms with van der Waals surface area (Å²) in [6, 6.07) is 15.6. The first-order chi connectivity index (χ1) is 17.5. The molecule has 2 N–H and O–H groups in total. The number of carbonyl (C=O) groups excluding carboxylic acids is 1. The Morgan fingerprint density at radius 3 is 2.56 bits per heavy atom. The molecule has 9 heteroatoms. The van der Waals surface area contributed by atoms with E-state index >= 15 is 0 Å². The van der Waals surface area contributed by atoms with E-state index in [9.17, 15) is 4.79 Å². The second kappa shape index (κ2) is 10.3. The summed E-state index contributed by atoms with van der Waals surface area (Å²) in [5.74, 6) is 0.484. The molecule has 0 aliphatic carbocycles. The fraction of sp³-hybridized carbons (Fsp3) is 0.296. The van der Waals surface area contributed by atoms with Gasteiger partial charge in [0.2, 0.25) is 11.8 Å². The lowest BCUT2D eigenvalue weighted by atomic mass is 10.0. The number of hydrogen-bond donors (Lipinski definition) is 2. The maximum Gasteiger partial charge on any atom is 0.337 e. The molecule has 3 heterocycles. The highest BCUT2D eigenvalue weighted by Gasteiger charge is 2.18. The Hall–Kier alpha value is -3.95. The predicted octanol–water partition coefficient (Wildman–Crippen LogP) is 3.91. The van der Waals surface area contributed by atoms with Crippen molar-refractivity contribution >= 4 is 28.6 Å². The lowest BCUT2D eigenvalue weighted by Gasteiger charge is -2.32. The van der Waals surface area contributed by atoms with Crippen molar-refractivity contribution in [1.82, 2.24) is 24.8 Å². The number of fused-ring (bicyclic) bond motifs is 1. The van der Waals surface area contributed by atoms with Crippen molar-refractivity contribution < 1.29 is 14.3 Å². The number of rotatable bonds is 7. The van der Waals surface area contributed by atoms with Gasteiger partial charge in [0.05, 0.1) is 25.2 Å². The van der Waals surface area contributed by atoms with Gasteiger partial charge in [0.25, 0.3) is 0 Å². The Morgan fingerprint density at radius 2 is 1.83 bits per heavy atom. The number of piperazine rings is 1. The molecule has 5 rings (SSSR count). The van der Waals surface area contributed by atoms with Crippen LogP contribution in [-0.2, 0) is 11.3 Å². The first-order valence-corrected chi connectivity index (χ1v) is 11.9. The fourth-order valence-electron chi connectivity index (χ4n) is 4.45. The van der Waals surface area contributed by atoms with E-state index in [1.165, 1.54) is 12.7 Å². The van der Waals surface area contributed by atoms with Gasteiger partial charge in [-0.1, -0.05) is 24.3 Å². The number of ether oxygens (including phenoxy) is 2. The zero-order valence-corrected chi connectivity index (χ0v) is 20.7. The van der Waals surface area contributed by atoms with E-state index in [0.717, 1.165) is 54.9 Å². The third kappa shape index (κ3) is 5.02. The van der Waals surface area contributed by atoms with Gasteiger partial charge >= 0.3 is 5.97 Å². The Labute approximate surface area is 210 Å². The van der Waals surface area contributed by atoms with Gasteiger partial charge in [0, 0.05) is 50.2 Å². The van der Waals surface area contributed by atoms with Gasteiger partial charge in [-0.2, -0.15) is 9.97 Å². The van der Waals surface area contributed by atoms with Crippen molar-refractivity contribution in [2.45, 2.75) is 6.54 Å². The first kappa shape index (κ1) is 23.8. The second-order valence-corrected chi connectivity index (χ2v) is 8.96.